The molecule has 0 atom stereocenters. The average Bonchev–Trinajstić information content (AvgIpc) is 1.14. The fourth-order valence-electron chi connectivity index (χ4n) is 0.122. The molecule has 0 fully saturated rings. The summed E-state index contributed by atoms with van der Waals surface area (Å²) in [5.74, 6) is 0. The quantitative estimate of drug-likeness (QED) is 0.320. The standard InChI is InChI=1S/H4O7P2.2Pt/c1-8(2,3)7-9(4,5)6;;/h(H2,1,2,3)(H2,4,5,6);;/q;2*+2/p-4. The molecular weight excluding hydrogens is 564 g/mol. The summed E-state index contributed by atoms with van der Waals surface area (Å²) in [7, 11) is -11.4. The molecule has 11 heteroatoms. The fourth-order valence-corrected chi connectivity index (χ4v) is 1.10. The monoisotopic (exact) mass is 564 g/mol. The molecule has 0 aliphatic heterocycles. The van der Waals surface area contributed by atoms with Crippen LogP contribution in [0.3, 0.4) is 0 Å². The first-order chi connectivity index (χ1) is 3.71. The molecule has 0 heterocycles. The van der Waals surface area contributed by atoms with Crippen molar-refractivity contribution >= 4 is 15.6 Å². The van der Waals surface area contributed by atoms with Gasteiger partial charge in [-0.1, -0.05) is 0 Å². The smallest absolute Gasteiger partial charge is 0.790 e. The molecule has 0 aromatic carbocycles. The van der Waals surface area contributed by atoms with Crippen LogP contribution in [0.15, 0.2) is 0 Å². The van der Waals surface area contributed by atoms with Crippen molar-refractivity contribution in [2.45, 2.75) is 0 Å². The van der Waals surface area contributed by atoms with E-state index >= 15 is 0 Å². The second-order valence-electron chi connectivity index (χ2n) is 0.976. The van der Waals surface area contributed by atoms with Crippen molar-refractivity contribution in [2.75, 3.05) is 0 Å². The third-order valence-corrected chi connectivity index (χ3v) is 1.80. The van der Waals surface area contributed by atoms with Gasteiger partial charge in [0.05, 0.1) is 15.6 Å². The van der Waals surface area contributed by atoms with Crippen LogP contribution in [0.5, 0.6) is 0 Å². The third kappa shape index (κ3) is 18.5. The van der Waals surface area contributed by atoms with Gasteiger partial charge in [0.25, 0.3) is 0 Å². The van der Waals surface area contributed by atoms with Gasteiger partial charge in [-0.05, 0) is 0 Å². The average molecular weight is 564 g/mol. The molecular formula is O7P2Pt2. The Bertz CT molecular complexity index is 155. The maximum Gasteiger partial charge on any atom is 2.00 e. The van der Waals surface area contributed by atoms with Gasteiger partial charge in [-0.15, -0.1) is 0 Å². The Morgan fingerprint density at radius 1 is 0.818 bits per heavy atom. The normalized spacial score (nSPS) is 11.3. The summed E-state index contributed by atoms with van der Waals surface area (Å²) in [4.78, 5) is 37.3. The minimum atomic E-state index is -5.68. The van der Waals surface area contributed by atoms with Crippen LogP contribution >= 0.6 is 15.6 Å². The van der Waals surface area contributed by atoms with Crippen molar-refractivity contribution in [1.82, 2.24) is 0 Å². The van der Waals surface area contributed by atoms with E-state index in [2.05, 4.69) is 4.31 Å². The van der Waals surface area contributed by atoms with Crippen LogP contribution in [0, 0.1) is 0 Å². The third-order valence-electron chi connectivity index (χ3n) is 0.200. The maximum atomic E-state index is 9.32. The van der Waals surface area contributed by atoms with E-state index in [1.54, 1.807) is 0 Å². The van der Waals surface area contributed by atoms with Gasteiger partial charge in [-0.25, -0.2) is 0 Å². The van der Waals surface area contributed by atoms with Crippen LogP contribution in [0.25, 0.3) is 0 Å². The van der Waals surface area contributed by atoms with E-state index in [1.807, 2.05) is 0 Å². The Balaban J connectivity index is -0.000000320. The first-order valence-corrected chi connectivity index (χ1v) is 4.38. The molecule has 72 valence electrons. The molecule has 0 rings (SSSR count). The van der Waals surface area contributed by atoms with Crippen molar-refractivity contribution in [1.29, 1.82) is 0 Å². The molecule has 0 saturated carbocycles. The topological polar surface area (TPSA) is 136 Å². The summed E-state index contributed by atoms with van der Waals surface area (Å²) in [5.41, 5.74) is 0. The molecule has 0 aromatic rings. The molecule has 0 radical (unpaired) electrons. The van der Waals surface area contributed by atoms with E-state index in [1.165, 1.54) is 0 Å². The maximum absolute atomic E-state index is 9.32. The SMILES string of the molecule is O=P([O-])([O-])OP(=O)([O-])[O-].[Pt+2].[Pt+2]. The Morgan fingerprint density at radius 3 is 1.00 bits per heavy atom. The van der Waals surface area contributed by atoms with Gasteiger partial charge < -0.3 is 33.0 Å². The van der Waals surface area contributed by atoms with E-state index in [0.29, 0.717) is 0 Å². The Hall–Kier alpha value is 1.64. The van der Waals surface area contributed by atoms with Gasteiger partial charge in [0.1, 0.15) is 0 Å². The van der Waals surface area contributed by atoms with E-state index in [4.69, 9.17) is 0 Å². The predicted molar refractivity (Wildman–Crippen MR) is 16.3 cm³/mol. The van der Waals surface area contributed by atoms with Crippen molar-refractivity contribution in [3.63, 3.8) is 0 Å². The largest absolute Gasteiger partial charge is 2.00 e. The minimum absolute atomic E-state index is 0. The van der Waals surface area contributed by atoms with Crippen LogP contribution in [-0.2, 0) is 55.6 Å². The zero-order valence-corrected chi connectivity index (χ0v) is 10.7. The summed E-state index contributed by atoms with van der Waals surface area (Å²) in [5, 5.41) is 0. The summed E-state index contributed by atoms with van der Waals surface area (Å²) < 4.78 is 21.2. The fraction of sp³-hybridized carbons (Fsp3) is 0. The van der Waals surface area contributed by atoms with Crippen molar-refractivity contribution in [2.24, 2.45) is 0 Å². The first-order valence-electron chi connectivity index (χ1n) is 1.46. The molecule has 0 aliphatic carbocycles. The molecule has 0 spiro atoms. The van der Waals surface area contributed by atoms with Crippen LogP contribution < -0.4 is 19.6 Å². The zero-order chi connectivity index (χ0) is 7.71. The van der Waals surface area contributed by atoms with Gasteiger partial charge in [0, 0.05) is 0 Å². The van der Waals surface area contributed by atoms with Crippen molar-refractivity contribution in [3.05, 3.63) is 0 Å². The van der Waals surface area contributed by atoms with Gasteiger partial charge in [-0.2, -0.15) is 0 Å². The number of hydrogen-bond donors (Lipinski definition) is 0. The molecule has 0 saturated heterocycles. The molecule has 0 amide bonds. The summed E-state index contributed by atoms with van der Waals surface area (Å²) in [6, 6.07) is 0. The minimum Gasteiger partial charge on any atom is -0.790 e. The molecule has 0 unspecified atom stereocenters. The second-order valence-corrected chi connectivity index (χ2v) is 3.42. The number of phosphoric acid groups is 2. The van der Waals surface area contributed by atoms with E-state index < -0.39 is 15.6 Å². The molecule has 0 N–H and O–H groups in total. The second kappa shape index (κ2) is 6.15. The zero-order valence-electron chi connectivity index (χ0n) is 4.38. The number of rotatable bonds is 2. The van der Waals surface area contributed by atoms with Gasteiger partial charge in [0.2, 0.25) is 0 Å². The Kier molecular flexibility index (Phi) is 10.3. The summed E-state index contributed by atoms with van der Waals surface area (Å²) in [6.07, 6.45) is 0. The number of hydrogen-bond acceptors (Lipinski definition) is 7. The van der Waals surface area contributed by atoms with Gasteiger partial charge >= 0.3 is 42.1 Å². The predicted octanol–water partition coefficient (Wildman–Crippen LogP) is -3.34. The molecule has 0 bridgehead atoms. The van der Waals surface area contributed by atoms with E-state index in [0.717, 1.165) is 0 Å². The summed E-state index contributed by atoms with van der Waals surface area (Å²) >= 11 is 0. The van der Waals surface area contributed by atoms with Crippen LogP contribution in [0.4, 0.5) is 0 Å². The van der Waals surface area contributed by atoms with E-state index in [9.17, 15) is 28.7 Å². The molecule has 0 aliphatic rings. The van der Waals surface area contributed by atoms with Crippen LogP contribution in [-0.4, -0.2) is 0 Å². The summed E-state index contributed by atoms with van der Waals surface area (Å²) in [6.45, 7) is 0. The molecule has 0 aromatic heterocycles. The van der Waals surface area contributed by atoms with Gasteiger partial charge in [0.15, 0.2) is 0 Å². The molecule has 11 heavy (non-hydrogen) atoms. The Labute approximate surface area is 90.5 Å². The van der Waals surface area contributed by atoms with Crippen molar-refractivity contribution < 1.29 is 75.1 Å². The first kappa shape index (κ1) is 18.4. The van der Waals surface area contributed by atoms with Gasteiger partial charge in [-0.3, -0.25) is 0 Å². The van der Waals surface area contributed by atoms with Crippen LogP contribution in [0.2, 0.25) is 0 Å². The van der Waals surface area contributed by atoms with Crippen LogP contribution in [0.1, 0.15) is 0 Å². The van der Waals surface area contributed by atoms with E-state index in [-0.39, 0.29) is 42.1 Å². The van der Waals surface area contributed by atoms with Crippen molar-refractivity contribution in [3.8, 4) is 0 Å². The Morgan fingerprint density at radius 2 is 1.00 bits per heavy atom. The molecule has 7 nitrogen and oxygen atoms in total.